The molecule has 3 rings (SSSR count). The number of pyridine rings is 1. The van der Waals surface area contributed by atoms with Crippen molar-refractivity contribution in [2.75, 3.05) is 32.1 Å². The summed E-state index contributed by atoms with van der Waals surface area (Å²) in [6.45, 7) is 3.15. The molecule has 11 heteroatoms. The predicted molar refractivity (Wildman–Crippen MR) is 104 cm³/mol. The first-order chi connectivity index (χ1) is 14.0. The van der Waals surface area contributed by atoms with Gasteiger partial charge in [-0.25, -0.2) is 14.3 Å². The highest BCUT2D eigenvalue weighted by molar-refractivity contribution is 6.53. The van der Waals surface area contributed by atoms with E-state index in [1.807, 2.05) is 0 Å². The molecule has 3 N–H and O–H groups in total. The Labute approximate surface area is 166 Å². The zero-order chi connectivity index (χ0) is 21.0. The van der Waals surface area contributed by atoms with E-state index in [2.05, 4.69) is 20.4 Å². The highest BCUT2D eigenvalue weighted by atomic mass is 16.5. The van der Waals surface area contributed by atoms with E-state index in [-0.39, 0.29) is 29.6 Å². The van der Waals surface area contributed by atoms with Crippen LogP contribution in [-0.4, -0.2) is 69.7 Å². The first kappa shape index (κ1) is 20.0. The minimum Gasteiger partial charge on any atom is -0.460 e. The van der Waals surface area contributed by atoms with Crippen LogP contribution in [0.3, 0.4) is 0 Å². The van der Waals surface area contributed by atoms with E-state index in [1.54, 1.807) is 17.9 Å². The molecular weight excluding hydrogens is 378 g/mol. The quantitative estimate of drug-likeness (QED) is 0.395. The third kappa shape index (κ3) is 4.08. The highest BCUT2D eigenvalue weighted by Gasteiger charge is 2.29. The van der Waals surface area contributed by atoms with Crippen LogP contribution >= 0.6 is 0 Å². The SMILES string of the molecule is CCOC(=O)c1nc2cc(NC(=O)C(=NC)C(=CN)C(=O)N3CCC3)ccn2n1. The van der Waals surface area contributed by atoms with Crippen LogP contribution < -0.4 is 11.1 Å². The number of fused-ring (bicyclic) bond motifs is 1. The Morgan fingerprint density at radius 1 is 1.38 bits per heavy atom. The Kier molecular flexibility index (Phi) is 5.86. The van der Waals surface area contributed by atoms with Crippen LogP contribution in [-0.2, 0) is 14.3 Å². The monoisotopic (exact) mass is 399 g/mol. The number of aromatic nitrogens is 3. The van der Waals surface area contributed by atoms with Gasteiger partial charge in [-0.3, -0.25) is 14.6 Å². The molecule has 1 aliphatic heterocycles. The zero-order valence-corrected chi connectivity index (χ0v) is 16.1. The van der Waals surface area contributed by atoms with Gasteiger partial charge in [0.05, 0.1) is 12.2 Å². The van der Waals surface area contributed by atoms with Crippen LogP contribution in [0.1, 0.15) is 24.0 Å². The lowest BCUT2D eigenvalue weighted by Gasteiger charge is -2.31. The average Bonchev–Trinajstić information content (AvgIpc) is 3.08. The lowest BCUT2D eigenvalue weighted by atomic mass is 10.1. The fourth-order valence-electron chi connectivity index (χ4n) is 2.72. The molecule has 1 fully saturated rings. The zero-order valence-electron chi connectivity index (χ0n) is 16.1. The summed E-state index contributed by atoms with van der Waals surface area (Å²) in [4.78, 5) is 46.5. The van der Waals surface area contributed by atoms with Crippen LogP contribution in [0.4, 0.5) is 5.69 Å². The maximum absolute atomic E-state index is 12.7. The number of esters is 1. The summed E-state index contributed by atoms with van der Waals surface area (Å²) in [6.07, 6.45) is 3.55. The van der Waals surface area contributed by atoms with Gasteiger partial charge in [-0.1, -0.05) is 0 Å². The Morgan fingerprint density at radius 2 is 2.14 bits per heavy atom. The van der Waals surface area contributed by atoms with Crippen LogP contribution in [0, 0.1) is 0 Å². The number of aliphatic imine (C=N–C) groups is 1. The van der Waals surface area contributed by atoms with Gasteiger partial charge in [0.1, 0.15) is 5.71 Å². The van der Waals surface area contributed by atoms with Gasteiger partial charge in [0.25, 0.3) is 17.6 Å². The minimum atomic E-state index is -0.635. The van der Waals surface area contributed by atoms with Crippen LogP contribution in [0.2, 0.25) is 0 Å². The standard InChI is InChI=1S/C18H21N7O4/c1-3-29-18(28)15-22-13-9-11(5-8-25(13)23-15)21-16(26)14(20-2)12(10-19)17(27)24-6-4-7-24/h5,8-10H,3-4,6-7,19H2,1-2H3,(H,21,26). The largest absolute Gasteiger partial charge is 0.460 e. The normalized spacial score (nSPS) is 14.5. The van der Waals surface area contributed by atoms with E-state index in [0.717, 1.165) is 12.6 Å². The van der Waals surface area contributed by atoms with Gasteiger partial charge in [-0.15, -0.1) is 5.10 Å². The summed E-state index contributed by atoms with van der Waals surface area (Å²) >= 11 is 0. The molecule has 11 nitrogen and oxygen atoms in total. The van der Waals surface area contributed by atoms with Gasteiger partial charge in [0.2, 0.25) is 0 Å². The lowest BCUT2D eigenvalue weighted by Crippen LogP contribution is -2.45. The summed E-state index contributed by atoms with van der Waals surface area (Å²) in [5, 5.41) is 6.68. The van der Waals surface area contributed by atoms with Gasteiger partial charge in [0, 0.05) is 44.3 Å². The lowest BCUT2D eigenvalue weighted by molar-refractivity contribution is -0.130. The molecule has 2 aromatic heterocycles. The van der Waals surface area contributed by atoms with Crippen molar-refractivity contribution >= 4 is 34.8 Å². The Balaban J connectivity index is 1.78. The Hall–Kier alpha value is -3.76. The van der Waals surface area contributed by atoms with Crippen molar-refractivity contribution in [2.24, 2.45) is 10.7 Å². The van der Waals surface area contributed by atoms with Crippen LogP contribution in [0.15, 0.2) is 35.1 Å². The Bertz CT molecular complexity index is 1020. The fourth-order valence-corrected chi connectivity index (χ4v) is 2.72. The topological polar surface area (TPSA) is 144 Å². The first-order valence-corrected chi connectivity index (χ1v) is 9.01. The predicted octanol–water partition coefficient (Wildman–Crippen LogP) is -0.00980. The summed E-state index contributed by atoms with van der Waals surface area (Å²) in [5.74, 6) is -1.64. The van der Waals surface area contributed by atoms with Crippen molar-refractivity contribution in [2.45, 2.75) is 13.3 Å². The van der Waals surface area contributed by atoms with E-state index in [4.69, 9.17) is 10.5 Å². The van der Waals surface area contributed by atoms with Crippen molar-refractivity contribution < 1.29 is 19.1 Å². The summed E-state index contributed by atoms with van der Waals surface area (Å²) in [6, 6.07) is 3.11. The van der Waals surface area contributed by atoms with Crippen molar-refractivity contribution in [3.05, 3.63) is 35.9 Å². The molecule has 0 bridgehead atoms. The average molecular weight is 399 g/mol. The molecule has 152 valence electrons. The molecule has 2 amide bonds. The number of carbonyl (C=O) groups is 3. The van der Waals surface area contributed by atoms with Gasteiger partial charge in [0.15, 0.2) is 5.65 Å². The van der Waals surface area contributed by atoms with Crippen molar-refractivity contribution in [3.8, 4) is 0 Å². The maximum atomic E-state index is 12.7. The number of nitrogens with one attached hydrogen (secondary N) is 1. The summed E-state index contributed by atoms with van der Waals surface area (Å²) < 4.78 is 6.26. The second-order valence-electron chi connectivity index (χ2n) is 6.13. The third-order valence-electron chi connectivity index (χ3n) is 4.29. The van der Waals surface area contributed by atoms with Gasteiger partial charge < -0.3 is 20.7 Å². The van der Waals surface area contributed by atoms with Crippen LogP contribution in [0.25, 0.3) is 5.65 Å². The molecule has 0 unspecified atom stereocenters. The maximum Gasteiger partial charge on any atom is 0.378 e. The first-order valence-electron chi connectivity index (χ1n) is 9.01. The molecule has 0 radical (unpaired) electrons. The molecule has 1 saturated heterocycles. The second kappa shape index (κ2) is 8.50. The molecule has 0 aliphatic carbocycles. The smallest absolute Gasteiger partial charge is 0.378 e. The van der Waals surface area contributed by atoms with Crippen molar-refractivity contribution in [1.29, 1.82) is 0 Å². The number of hydrogen-bond donors (Lipinski definition) is 2. The van der Waals surface area contributed by atoms with Gasteiger partial charge in [-0.2, -0.15) is 0 Å². The van der Waals surface area contributed by atoms with E-state index in [1.165, 1.54) is 23.8 Å². The molecule has 3 heterocycles. The molecule has 0 atom stereocenters. The second-order valence-corrected chi connectivity index (χ2v) is 6.13. The van der Waals surface area contributed by atoms with E-state index >= 15 is 0 Å². The number of amides is 2. The molecule has 29 heavy (non-hydrogen) atoms. The van der Waals surface area contributed by atoms with Crippen molar-refractivity contribution in [3.63, 3.8) is 0 Å². The number of nitrogens with zero attached hydrogens (tertiary/aromatic N) is 5. The number of rotatable bonds is 6. The van der Waals surface area contributed by atoms with E-state index in [0.29, 0.717) is 24.4 Å². The van der Waals surface area contributed by atoms with Crippen LogP contribution in [0.5, 0.6) is 0 Å². The summed E-state index contributed by atoms with van der Waals surface area (Å²) in [7, 11) is 1.41. The number of hydrogen-bond acceptors (Lipinski definition) is 8. The van der Waals surface area contributed by atoms with Gasteiger partial charge in [-0.05, 0) is 19.4 Å². The van der Waals surface area contributed by atoms with E-state index in [9.17, 15) is 14.4 Å². The Morgan fingerprint density at radius 3 is 2.72 bits per heavy atom. The molecule has 0 aromatic carbocycles. The molecule has 0 saturated carbocycles. The number of anilines is 1. The minimum absolute atomic E-state index is 0.0397. The molecule has 1 aliphatic rings. The number of likely N-dealkylation sites (tertiary alicyclic amines) is 1. The van der Waals surface area contributed by atoms with Crippen molar-refractivity contribution in [1.82, 2.24) is 19.5 Å². The highest BCUT2D eigenvalue weighted by Crippen LogP contribution is 2.15. The third-order valence-corrected chi connectivity index (χ3v) is 4.29. The number of carbonyl (C=O) groups excluding carboxylic acids is 3. The molecular formula is C18H21N7O4. The number of nitrogens with two attached hydrogens (primary N) is 1. The molecule has 2 aromatic rings. The molecule has 0 spiro atoms. The van der Waals surface area contributed by atoms with E-state index < -0.39 is 11.9 Å². The summed E-state index contributed by atoms with van der Waals surface area (Å²) in [5.41, 5.74) is 6.29. The number of ether oxygens (including phenoxy) is 1. The fraction of sp³-hybridized carbons (Fsp3) is 0.333. The van der Waals surface area contributed by atoms with Gasteiger partial charge >= 0.3 is 5.97 Å².